The number of non-ortho nitro benzene ring substituents is 1. The summed E-state index contributed by atoms with van der Waals surface area (Å²) >= 11 is 0. The van der Waals surface area contributed by atoms with Gasteiger partial charge in [-0.05, 0) is 11.6 Å². The molecule has 1 aromatic heterocycles. The van der Waals surface area contributed by atoms with Crippen molar-refractivity contribution in [3.05, 3.63) is 64.1 Å². The van der Waals surface area contributed by atoms with Crippen molar-refractivity contribution in [2.75, 3.05) is 0 Å². The average molecular weight is 246 g/mol. The van der Waals surface area contributed by atoms with Crippen molar-refractivity contribution in [1.82, 2.24) is 0 Å². The zero-order valence-corrected chi connectivity index (χ0v) is 9.35. The lowest BCUT2D eigenvalue weighted by Gasteiger charge is -1.99. The average Bonchev–Trinajstić information content (AvgIpc) is 2.88. The summed E-state index contributed by atoms with van der Waals surface area (Å²) in [5, 5.41) is 14.3. The fraction of sp³-hybridized carbons (Fsp3) is 0.0833. The topological polar surface area (TPSA) is 77.9 Å². The Morgan fingerprint density at radius 3 is 3.06 bits per heavy atom. The van der Waals surface area contributed by atoms with E-state index in [4.69, 9.17) is 9.25 Å². The number of furan rings is 1. The minimum Gasteiger partial charge on any atom is -0.472 e. The molecule has 0 atom stereocenters. The van der Waals surface area contributed by atoms with Gasteiger partial charge in [-0.25, -0.2) is 0 Å². The quantitative estimate of drug-likeness (QED) is 0.461. The number of rotatable bonds is 5. The Kier molecular flexibility index (Phi) is 3.70. The van der Waals surface area contributed by atoms with Crippen molar-refractivity contribution < 1.29 is 14.2 Å². The molecule has 0 saturated heterocycles. The smallest absolute Gasteiger partial charge is 0.269 e. The number of nitro benzene ring substituents is 1. The Balaban J connectivity index is 1.90. The molecule has 0 amide bonds. The van der Waals surface area contributed by atoms with Crippen LogP contribution in [0.2, 0.25) is 0 Å². The van der Waals surface area contributed by atoms with Gasteiger partial charge in [-0.2, -0.15) is 0 Å². The molecule has 0 N–H and O–H groups in total. The van der Waals surface area contributed by atoms with Gasteiger partial charge in [0.15, 0.2) is 0 Å². The van der Waals surface area contributed by atoms with Gasteiger partial charge >= 0.3 is 0 Å². The van der Waals surface area contributed by atoms with Crippen molar-refractivity contribution in [1.29, 1.82) is 0 Å². The van der Waals surface area contributed by atoms with Crippen molar-refractivity contribution in [3.8, 4) is 0 Å². The lowest BCUT2D eigenvalue weighted by atomic mass is 10.2. The van der Waals surface area contributed by atoms with Gasteiger partial charge in [-0.15, -0.1) is 0 Å². The van der Waals surface area contributed by atoms with E-state index < -0.39 is 4.92 Å². The fourth-order valence-corrected chi connectivity index (χ4v) is 1.32. The number of nitro groups is 1. The number of benzene rings is 1. The molecule has 6 heteroatoms. The first-order valence-corrected chi connectivity index (χ1v) is 5.16. The highest BCUT2D eigenvalue weighted by molar-refractivity contribution is 5.78. The van der Waals surface area contributed by atoms with E-state index in [9.17, 15) is 10.1 Å². The van der Waals surface area contributed by atoms with E-state index in [1.54, 1.807) is 18.2 Å². The highest BCUT2D eigenvalue weighted by Gasteiger charge is 2.05. The van der Waals surface area contributed by atoms with Crippen LogP contribution in [0.1, 0.15) is 11.1 Å². The van der Waals surface area contributed by atoms with Crippen LogP contribution in [0.3, 0.4) is 0 Å². The highest BCUT2D eigenvalue weighted by atomic mass is 16.6. The number of oxime groups is 1. The second-order valence-electron chi connectivity index (χ2n) is 3.49. The minimum absolute atomic E-state index is 0.0370. The van der Waals surface area contributed by atoms with Gasteiger partial charge in [0.05, 0.1) is 23.7 Å². The molecule has 0 saturated carbocycles. The first-order valence-electron chi connectivity index (χ1n) is 5.16. The van der Waals surface area contributed by atoms with Gasteiger partial charge < -0.3 is 9.25 Å². The molecule has 0 bridgehead atoms. The van der Waals surface area contributed by atoms with Crippen LogP contribution < -0.4 is 0 Å². The van der Waals surface area contributed by atoms with Gasteiger partial charge in [0.2, 0.25) is 0 Å². The molecule has 92 valence electrons. The third-order valence-corrected chi connectivity index (χ3v) is 2.17. The van der Waals surface area contributed by atoms with Crippen LogP contribution in [-0.4, -0.2) is 11.1 Å². The first-order chi connectivity index (χ1) is 8.75. The van der Waals surface area contributed by atoms with Crippen LogP contribution in [0.15, 0.2) is 52.4 Å². The lowest BCUT2D eigenvalue weighted by molar-refractivity contribution is -0.384. The second-order valence-corrected chi connectivity index (χ2v) is 3.49. The van der Waals surface area contributed by atoms with E-state index in [0.717, 1.165) is 5.56 Å². The Labute approximate surface area is 103 Å². The van der Waals surface area contributed by atoms with Gasteiger partial charge in [0.1, 0.15) is 6.61 Å². The Morgan fingerprint density at radius 2 is 2.33 bits per heavy atom. The molecule has 6 nitrogen and oxygen atoms in total. The zero-order chi connectivity index (χ0) is 12.8. The Morgan fingerprint density at radius 1 is 1.44 bits per heavy atom. The molecular formula is C12H10N2O4. The highest BCUT2D eigenvalue weighted by Crippen LogP contribution is 2.13. The van der Waals surface area contributed by atoms with Gasteiger partial charge in [0.25, 0.3) is 5.69 Å². The summed E-state index contributed by atoms with van der Waals surface area (Å²) < 4.78 is 4.85. The molecular weight excluding hydrogens is 236 g/mol. The molecule has 0 spiro atoms. The van der Waals surface area contributed by atoms with Crippen LogP contribution in [0, 0.1) is 10.1 Å². The monoisotopic (exact) mass is 246 g/mol. The zero-order valence-electron chi connectivity index (χ0n) is 9.35. The largest absolute Gasteiger partial charge is 0.472 e. The summed E-state index contributed by atoms with van der Waals surface area (Å²) in [6.07, 6.45) is 4.56. The van der Waals surface area contributed by atoms with E-state index in [0.29, 0.717) is 5.56 Å². The standard InChI is InChI=1S/C12H10N2O4/c15-14(16)12-3-1-2-10(6-12)9-18-13-7-11-4-5-17-8-11/h1-8H,9H2/b13-7-. The van der Waals surface area contributed by atoms with Gasteiger partial charge in [-0.1, -0.05) is 17.3 Å². The molecule has 1 aromatic carbocycles. The lowest BCUT2D eigenvalue weighted by Crippen LogP contribution is -1.92. The van der Waals surface area contributed by atoms with E-state index in [1.165, 1.54) is 30.9 Å². The molecule has 0 aliphatic rings. The molecule has 18 heavy (non-hydrogen) atoms. The summed E-state index contributed by atoms with van der Waals surface area (Å²) in [7, 11) is 0. The maximum Gasteiger partial charge on any atom is 0.269 e. The van der Waals surface area contributed by atoms with Crippen molar-refractivity contribution >= 4 is 11.9 Å². The van der Waals surface area contributed by atoms with Crippen molar-refractivity contribution in [2.24, 2.45) is 5.16 Å². The first kappa shape index (κ1) is 11.8. The number of hydrogen-bond donors (Lipinski definition) is 0. The number of nitrogens with zero attached hydrogens (tertiary/aromatic N) is 2. The predicted molar refractivity (Wildman–Crippen MR) is 64.2 cm³/mol. The normalized spacial score (nSPS) is 10.7. The molecule has 0 fully saturated rings. The van der Waals surface area contributed by atoms with Crippen LogP contribution in [0.4, 0.5) is 5.69 Å². The third kappa shape index (κ3) is 3.18. The van der Waals surface area contributed by atoms with Crippen LogP contribution in [-0.2, 0) is 11.4 Å². The summed E-state index contributed by atoms with van der Waals surface area (Å²) in [4.78, 5) is 15.1. The molecule has 0 radical (unpaired) electrons. The second kappa shape index (κ2) is 5.62. The maximum absolute atomic E-state index is 10.6. The van der Waals surface area contributed by atoms with Crippen LogP contribution in [0.25, 0.3) is 0 Å². The molecule has 0 aliphatic heterocycles. The van der Waals surface area contributed by atoms with E-state index >= 15 is 0 Å². The fourth-order valence-electron chi connectivity index (χ4n) is 1.32. The van der Waals surface area contributed by atoms with E-state index in [1.807, 2.05) is 0 Å². The van der Waals surface area contributed by atoms with Gasteiger partial charge in [-0.3, -0.25) is 10.1 Å². The maximum atomic E-state index is 10.6. The summed E-state index contributed by atoms with van der Waals surface area (Å²) in [5.74, 6) is 0. The molecule has 0 aliphatic carbocycles. The summed E-state index contributed by atoms with van der Waals surface area (Å²) in [6.45, 7) is 0.177. The predicted octanol–water partition coefficient (Wildman–Crippen LogP) is 2.74. The summed E-state index contributed by atoms with van der Waals surface area (Å²) in [6, 6.07) is 7.96. The molecule has 2 aromatic rings. The number of hydrogen-bond acceptors (Lipinski definition) is 5. The van der Waals surface area contributed by atoms with Crippen LogP contribution in [0.5, 0.6) is 0 Å². The van der Waals surface area contributed by atoms with Crippen LogP contribution >= 0.6 is 0 Å². The van der Waals surface area contributed by atoms with Crippen molar-refractivity contribution in [2.45, 2.75) is 6.61 Å². The minimum atomic E-state index is -0.446. The van der Waals surface area contributed by atoms with E-state index in [2.05, 4.69) is 5.16 Å². The molecule has 2 rings (SSSR count). The molecule has 0 unspecified atom stereocenters. The van der Waals surface area contributed by atoms with Crippen molar-refractivity contribution in [3.63, 3.8) is 0 Å². The third-order valence-electron chi connectivity index (χ3n) is 2.17. The Bertz CT molecular complexity index is 549. The Hall–Kier alpha value is -2.63. The summed E-state index contributed by atoms with van der Waals surface area (Å²) in [5.41, 5.74) is 1.51. The van der Waals surface area contributed by atoms with Gasteiger partial charge in [0, 0.05) is 17.7 Å². The van der Waals surface area contributed by atoms with E-state index in [-0.39, 0.29) is 12.3 Å². The SMILES string of the molecule is O=[N+]([O-])c1cccc(CO/N=C\c2ccoc2)c1. The molecule has 1 heterocycles.